The van der Waals surface area contributed by atoms with Gasteiger partial charge >= 0.3 is 18.5 Å². The van der Waals surface area contributed by atoms with Gasteiger partial charge in [0, 0.05) is 5.56 Å². The van der Waals surface area contributed by atoms with Gasteiger partial charge in [0.2, 0.25) is 0 Å². The number of hydrogen-bond acceptors (Lipinski definition) is 1. The molecular weight excluding hydrogens is 307 g/mol. The minimum Gasteiger partial charge on any atom is -0.369 e. The van der Waals surface area contributed by atoms with E-state index in [0.717, 1.165) is 0 Å². The lowest BCUT2D eigenvalue weighted by atomic mass is 9.91. The third kappa shape index (κ3) is 2.69. The smallest absolute Gasteiger partial charge is 0.369 e. The molecular formula is C10H5F9O. The van der Waals surface area contributed by atoms with Gasteiger partial charge in [0.1, 0.15) is 0 Å². The molecule has 1 N–H and O–H groups in total. The molecule has 1 nitrogen and oxygen atoms in total. The average Bonchev–Trinajstić information content (AvgIpc) is 2.24. The second-order valence-electron chi connectivity index (χ2n) is 3.78. The number of rotatable bonds is 1. The molecule has 0 amide bonds. The Morgan fingerprint density at radius 1 is 0.700 bits per heavy atom. The van der Waals surface area contributed by atoms with Crippen molar-refractivity contribution in [2.45, 2.75) is 24.1 Å². The maximum Gasteiger partial charge on any atom is 0.430 e. The Kier molecular flexibility index (Phi) is 3.77. The van der Waals surface area contributed by atoms with E-state index in [1.54, 1.807) is 0 Å². The third-order valence-corrected chi connectivity index (χ3v) is 2.43. The number of halogens is 9. The summed E-state index contributed by atoms with van der Waals surface area (Å²) in [7, 11) is 0. The Morgan fingerprint density at radius 2 is 1.10 bits per heavy atom. The molecule has 1 aromatic carbocycles. The molecule has 0 unspecified atom stereocenters. The van der Waals surface area contributed by atoms with Crippen molar-refractivity contribution in [1.82, 2.24) is 0 Å². The molecule has 0 aliphatic rings. The lowest BCUT2D eigenvalue weighted by Gasteiger charge is -2.32. The van der Waals surface area contributed by atoms with E-state index in [2.05, 4.69) is 0 Å². The van der Waals surface area contributed by atoms with E-state index in [4.69, 9.17) is 5.11 Å². The molecule has 0 heterocycles. The minimum atomic E-state index is -6.23. The van der Waals surface area contributed by atoms with Gasteiger partial charge in [-0.3, -0.25) is 0 Å². The summed E-state index contributed by atoms with van der Waals surface area (Å²) in [4.78, 5) is 0. The first-order chi connectivity index (χ1) is 8.71. The van der Waals surface area contributed by atoms with Crippen LogP contribution in [-0.2, 0) is 11.8 Å². The van der Waals surface area contributed by atoms with E-state index >= 15 is 0 Å². The number of aliphatic hydroxyl groups is 1. The molecule has 0 bridgehead atoms. The maximum atomic E-state index is 12.5. The SMILES string of the molecule is OC(c1cccc(C(F)(F)F)c1)(C(F)(F)F)C(F)(F)F. The first-order valence-electron chi connectivity index (χ1n) is 4.75. The van der Waals surface area contributed by atoms with Crippen molar-refractivity contribution in [3.8, 4) is 0 Å². The maximum absolute atomic E-state index is 12.5. The van der Waals surface area contributed by atoms with Crippen LogP contribution in [0, 0.1) is 0 Å². The molecule has 1 rings (SSSR count). The predicted octanol–water partition coefficient (Wildman–Crippen LogP) is 4.02. The molecule has 0 aliphatic heterocycles. The number of hydrogen-bond donors (Lipinski definition) is 1. The van der Waals surface area contributed by atoms with E-state index in [0.29, 0.717) is 6.07 Å². The summed E-state index contributed by atoms with van der Waals surface area (Å²) in [5, 5.41) is 8.93. The van der Waals surface area contributed by atoms with Crippen LogP contribution in [0.1, 0.15) is 11.1 Å². The summed E-state index contributed by atoms with van der Waals surface area (Å²) >= 11 is 0. The normalized spacial score (nSPS) is 14.5. The zero-order valence-electron chi connectivity index (χ0n) is 9.16. The van der Waals surface area contributed by atoms with Crippen LogP contribution >= 0.6 is 0 Å². The van der Waals surface area contributed by atoms with Gasteiger partial charge in [-0.2, -0.15) is 39.5 Å². The van der Waals surface area contributed by atoms with Crippen LogP contribution in [0.4, 0.5) is 39.5 Å². The molecule has 0 aliphatic carbocycles. The Bertz CT molecular complexity index is 469. The molecule has 0 atom stereocenters. The second kappa shape index (κ2) is 4.54. The van der Waals surface area contributed by atoms with Crippen LogP contribution in [-0.4, -0.2) is 17.5 Å². The lowest BCUT2D eigenvalue weighted by molar-refractivity contribution is -0.376. The van der Waals surface area contributed by atoms with Crippen LogP contribution < -0.4 is 0 Å². The van der Waals surface area contributed by atoms with Crippen molar-refractivity contribution >= 4 is 0 Å². The van der Waals surface area contributed by atoms with Crippen molar-refractivity contribution in [2.24, 2.45) is 0 Å². The average molecular weight is 312 g/mol. The Morgan fingerprint density at radius 3 is 1.45 bits per heavy atom. The first-order valence-corrected chi connectivity index (χ1v) is 4.75. The van der Waals surface area contributed by atoms with E-state index in [9.17, 15) is 39.5 Å². The second-order valence-corrected chi connectivity index (χ2v) is 3.78. The monoisotopic (exact) mass is 312 g/mol. The van der Waals surface area contributed by atoms with E-state index in [1.165, 1.54) is 0 Å². The van der Waals surface area contributed by atoms with E-state index in [-0.39, 0.29) is 18.2 Å². The first kappa shape index (κ1) is 16.6. The predicted molar refractivity (Wildman–Crippen MR) is 47.5 cm³/mol. The number of benzene rings is 1. The van der Waals surface area contributed by atoms with Gasteiger partial charge in [0.25, 0.3) is 5.60 Å². The highest BCUT2D eigenvalue weighted by molar-refractivity contribution is 5.32. The zero-order chi connectivity index (χ0) is 16.0. The largest absolute Gasteiger partial charge is 0.430 e. The van der Waals surface area contributed by atoms with Crippen molar-refractivity contribution in [3.63, 3.8) is 0 Å². The van der Waals surface area contributed by atoms with Gasteiger partial charge < -0.3 is 5.11 Å². The molecule has 0 radical (unpaired) electrons. The van der Waals surface area contributed by atoms with Gasteiger partial charge in [-0.1, -0.05) is 12.1 Å². The van der Waals surface area contributed by atoms with Crippen LogP contribution in [0.2, 0.25) is 0 Å². The highest BCUT2D eigenvalue weighted by Gasteiger charge is 2.71. The molecule has 0 saturated carbocycles. The van der Waals surface area contributed by atoms with Crippen molar-refractivity contribution < 1.29 is 44.6 Å². The summed E-state index contributed by atoms with van der Waals surface area (Å²) in [5.41, 5.74) is -9.06. The van der Waals surface area contributed by atoms with Crippen LogP contribution in [0.15, 0.2) is 24.3 Å². The molecule has 0 saturated heterocycles. The van der Waals surface area contributed by atoms with Gasteiger partial charge in [-0.15, -0.1) is 0 Å². The van der Waals surface area contributed by atoms with Gasteiger partial charge in [0.05, 0.1) is 5.56 Å². The zero-order valence-corrected chi connectivity index (χ0v) is 9.16. The summed E-state index contributed by atoms with van der Waals surface area (Å²) in [6.07, 6.45) is -17.6. The van der Waals surface area contributed by atoms with Gasteiger partial charge in [-0.25, -0.2) is 0 Å². The minimum absolute atomic E-state index is 0.121. The fraction of sp³-hybridized carbons (Fsp3) is 0.400. The molecule has 114 valence electrons. The molecule has 10 heteroatoms. The van der Waals surface area contributed by atoms with Gasteiger partial charge in [0.15, 0.2) is 0 Å². The molecule has 20 heavy (non-hydrogen) atoms. The van der Waals surface area contributed by atoms with E-state index in [1.807, 2.05) is 0 Å². The van der Waals surface area contributed by atoms with Crippen LogP contribution in [0.3, 0.4) is 0 Å². The highest BCUT2D eigenvalue weighted by Crippen LogP contribution is 2.50. The van der Waals surface area contributed by atoms with E-state index < -0.39 is 35.3 Å². The lowest BCUT2D eigenvalue weighted by Crippen LogP contribution is -2.54. The van der Waals surface area contributed by atoms with Crippen molar-refractivity contribution in [2.75, 3.05) is 0 Å². The summed E-state index contributed by atoms with van der Waals surface area (Å²) in [6, 6.07) is 0.370. The third-order valence-electron chi connectivity index (χ3n) is 2.43. The van der Waals surface area contributed by atoms with Crippen LogP contribution in [0.25, 0.3) is 0 Å². The molecule has 0 fully saturated rings. The summed E-state index contributed by atoms with van der Waals surface area (Å²) < 4.78 is 112. The highest BCUT2D eigenvalue weighted by atomic mass is 19.4. The molecule has 0 spiro atoms. The molecule has 1 aromatic rings. The Hall–Kier alpha value is -1.45. The van der Waals surface area contributed by atoms with Crippen molar-refractivity contribution in [1.29, 1.82) is 0 Å². The fourth-order valence-electron chi connectivity index (χ4n) is 1.41. The summed E-state index contributed by atoms with van der Waals surface area (Å²) in [5.74, 6) is 0. The quantitative estimate of drug-likeness (QED) is 0.777. The Labute approximate surface area is 105 Å². The molecule has 0 aromatic heterocycles. The van der Waals surface area contributed by atoms with Gasteiger partial charge in [-0.05, 0) is 12.1 Å². The standard InChI is InChI=1S/C10H5F9O/c11-8(12,13)6-3-1-2-5(4-6)7(20,9(14,15)16)10(17,18)19/h1-4,20H. The number of alkyl halides is 9. The van der Waals surface area contributed by atoms with Crippen molar-refractivity contribution in [3.05, 3.63) is 35.4 Å². The summed E-state index contributed by atoms with van der Waals surface area (Å²) in [6.45, 7) is 0. The van der Waals surface area contributed by atoms with Crippen LogP contribution in [0.5, 0.6) is 0 Å². The fourth-order valence-corrected chi connectivity index (χ4v) is 1.41. The Balaban J connectivity index is 3.53. The topological polar surface area (TPSA) is 20.2 Å².